The third kappa shape index (κ3) is 5.83. The second kappa shape index (κ2) is 13.0. The first-order chi connectivity index (χ1) is 28.8. The monoisotopic (exact) mass is 806 g/mol. The van der Waals surface area contributed by atoms with E-state index in [1.54, 1.807) is 11.1 Å². The van der Waals surface area contributed by atoms with Crippen molar-refractivity contribution in [2.45, 2.75) is 166 Å². The number of fused-ring (bicyclic) bond motifs is 5. The van der Waals surface area contributed by atoms with Crippen LogP contribution >= 0.6 is 0 Å². The van der Waals surface area contributed by atoms with E-state index in [2.05, 4.69) is 178 Å². The molecule has 1 spiro atoms. The van der Waals surface area contributed by atoms with Crippen molar-refractivity contribution in [2.24, 2.45) is 23.7 Å². The van der Waals surface area contributed by atoms with E-state index in [0.29, 0.717) is 11.8 Å². The average molecular weight is 806 g/mol. The molecule has 0 unspecified atom stereocenters. The first-order valence-corrected chi connectivity index (χ1v) is 24.3. The fourth-order valence-electron chi connectivity index (χ4n) is 14.6. The zero-order valence-corrected chi connectivity index (χ0v) is 39.4. The van der Waals surface area contributed by atoms with Crippen LogP contribution in [0.25, 0.3) is 22.3 Å². The summed E-state index contributed by atoms with van der Waals surface area (Å²) in [6.07, 6.45) is 11.9. The summed E-state index contributed by atoms with van der Waals surface area (Å²) in [5.74, 6) is 3.24. The van der Waals surface area contributed by atoms with Crippen molar-refractivity contribution in [3.05, 3.63) is 136 Å². The molecule has 4 saturated carbocycles. The van der Waals surface area contributed by atoms with Gasteiger partial charge in [0.15, 0.2) is 0 Å². The van der Waals surface area contributed by atoms with Crippen molar-refractivity contribution in [3.63, 3.8) is 0 Å². The summed E-state index contributed by atoms with van der Waals surface area (Å²) in [7, 11) is 0. The van der Waals surface area contributed by atoms with E-state index < -0.39 is 0 Å². The highest BCUT2D eigenvalue weighted by Crippen LogP contribution is 2.70. The average Bonchev–Trinajstić information content (AvgIpc) is 3.49. The molecule has 7 aliphatic carbocycles. The molecule has 0 atom stereocenters. The van der Waals surface area contributed by atoms with Crippen molar-refractivity contribution < 1.29 is 0 Å². The minimum Gasteiger partial charge on any atom is -0.310 e. The van der Waals surface area contributed by atoms with E-state index in [-0.39, 0.29) is 32.5 Å². The Morgan fingerprint density at radius 2 is 0.934 bits per heavy atom. The fourth-order valence-corrected chi connectivity index (χ4v) is 14.6. The second-order valence-corrected chi connectivity index (χ2v) is 24.8. The van der Waals surface area contributed by atoms with Gasteiger partial charge in [-0.3, -0.25) is 0 Å². The molecule has 0 saturated heterocycles. The van der Waals surface area contributed by atoms with Gasteiger partial charge >= 0.3 is 0 Å². The molecule has 0 N–H and O–H groups in total. The predicted octanol–water partition coefficient (Wildman–Crippen LogP) is 16.5. The second-order valence-electron chi connectivity index (χ2n) is 24.8. The van der Waals surface area contributed by atoms with E-state index in [9.17, 15) is 0 Å². The van der Waals surface area contributed by atoms with Crippen molar-refractivity contribution in [1.29, 1.82) is 0 Å². The van der Waals surface area contributed by atoms with Crippen molar-refractivity contribution in [2.75, 3.05) is 4.90 Å². The van der Waals surface area contributed by atoms with Gasteiger partial charge in [0.1, 0.15) is 0 Å². The van der Waals surface area contributed by atoms with Crippen LogP contribution in [0.3, 0.4) is 0 Å². The summed E-state index contributed by atoms with van der Waals surface area (Å²) in [5.41, 5.74) is 20.9. The summed E-state index contributed by atoms with van der Waals surface area (Å²) >= 11 is 0. The molecule has 4 bridgehead atoms. The van der Waals surface area contributed by atoms with Crippen LogP contribution in [0.5, 0.6) is 0 Å². The minimum atomic E-state index is 0.0815. The number of hydrogen-bond donors (Lipinski definition) is 0. The van der Waals surface area contributed by atoms with Crippen molar-refractivity contribution >= 4 is 17.1 Å². The highest BCUT2D eigenvalue weighted by molar-refractivity contribution is 5.95. The first kappa shape index (κ1) is 39.7. The summed E-state index contributed by atoms with van der Waals surface area (Å²) in [4.78, 5) is 2.73. The molecule has 0 aliphatic heterocycles. The maximum absolute atomic E-state index is 2.77. The summed E-state index contributed by atoms with van der Waals surface area (Å²) in [6.45, 7) is 26.8. The van der Waals surface area contributed by atoms with E-state index in [1.807, 2.05) is 0 Å². The lowest BCUT2D eigenvalue weighted by Crippen LogP contribution is -2.55. The molecule has 0 amide bonds. The SMILES string of the molecule is CC(C)(C)c1ccc(-c2cc3c(cc2N(c2ccc4c(c2)C(C)(C)CCC4(C)C)c2ccc4c(c2)C(C)(C)CCC4(C)C)C2(c4ccccc4-3)C3CC4CC(C3)CC2C4)cc1. The fraction of sp³-hybridized carbons (Fsp3) is 0.500. The largest absolute Gasteiger partial charge is 0.310 e. The third-order valence-corrected chi connectivity index (χ3v) is 18.2. The van der Waals surface area contributed by atoms with Crippen LogP contribution in [0.1, 0.15) is 173 Å². The quantitative estimate of drug-likeness (QED) is 0.175. The minimum absolute atomic E-state index is 0.0815. The van der Waals surface area contributed by atoms with Gasteiger partial charge in [0.2, 0.25) is 0 Å². The van der Waals surface area contributed by atoms with Crippen LogP contribution in [0.15, 0.2) is 97.1 Å². The third-order valence-electron chi connectivity index (χ3n) is 18.2. The molecule has 4 fully saturated rings. The Morgan fingerprint density at radius 1 is 0.443 bits per heavy atom. The van der Waals surface area contributed by atoms with E-state index in [4.69, 9.17) is 0 Å². The molecule has 0 aromatic heterocycles. The van der Waals surface area contributed by atoms with Crippen LogP contribution in [-0.2, 0) is 32.5 Å². The Kier molecular flexibility index (Phi) is 8.46. The zero-order chi connectivity index (χ0) is 42.6. The maximum atomic E-state index is 2.77. The highest BCUT2D eigenvalue weighted by atomic mass is 15.1. The number of benzene rings is 5. The van der Waals surface area contributed by atoms with Gasteiger partial charge < -0.3 is 4.90 Å². The van der Waals surface area contributed by atoms with Gasteiger partial charge in [-0.25, -0.2) is 0 Å². The molecule has 1 nitrogen and oxygen atoms in total. The molecule has 1 heteroatoms. The number of anilines is 3. The number of hydrogen-bond acceptors (Lipinski definition) is 1. The molecule has 5 aromatic carbocycles. The lowest BCUT2D eigenvalue weighted by Gasteiger charge is -2.61. The molecule has 0 radical (unpaired) electrons. The van der Waals surface area contributed by atoms with E-state index in [1.165, 1.54) is 125 Å². The Balaban J connectivity index is 1.22. The Morgan fingerprint density at radius 3 is 1.44 bits per heavy atom. The van der Waals surface area contributed by atoms with E-state index >= 15 is 0 Å². The number of rotatable bonds is 4. The molecule has 5 aromatic rings. The van der Waals surface area contributed by atoms with Gasteiger partial charge in [0.25, 0.3) is 0 Å². The molecular formula is C60H71N. The summed E-state index contributed by atoms with van der Waals surface area (Å²) in [5, 5.41) is 0. The smallest absolute Gasteiger partial charge is 0.0543 e. The standard InChI is InChI=1S/C60H71N/c1-55(2,3)40-18-16-39(17-19-40)46-35-47-45-14-12-13-15-48(45)60(41-29-37-28-38(31-41)32-42(60)30-37)51(47)36-54(46)61(43-20-22-49-52(33-43)58(8,9)26-24-56(49,4)5)44-21-23-50-53(34-44)59(10,11)27-25-57(50,6)7/h12-23,33-38,41-42H,24-32H2,1-11H3. The Bertz CT molecular complexity index is 2480. The lowest BCUT2D eigenvalue weighted by molar-refractivity contribution is -0.0399. The van der Waals surface area contributed by atoms with Gasteiger partial charge in [0.05, 0.1) is 5.69 Å². The van der Waals surface area contributed by atoms with Crippen molar-refractivity contribution in [3.8, 4) is 22.3 Å². The van der Waals surface area contributed by atoms with E-state index in [0.717, 1.165) is 11.8 Å². The lowest BCUT2D eigenvalue weighted by atomic mass is 9.43. The van der Waals surface area contributed by atoms with Gasteiger partial charge in [0, 0.05) is 22.4 Å². The predicted molar refractivity (Wildman–Crippen MR) is 259 cm³/mol. The van der Waals surface area contributed by atoms with Crippen LogP contribution in [-0.4, -0.2) is 0 Å². The van der Waals surface area contributed by atoms with Crippen molar-refractivity contribution in [1.82, 2.24) is 0 Å². The van der Waals surface area contributed by atoms with Gasteiger partial charge in [-0.2, -0.15) is 0 Å². The molecule has 0 heterocycles. The van der Waals surface area contributed by atoms with Crippen LogP contribution in [0.4, 0.5) is 17.1 Å². The zero-order valence-electron chi connectivity index (χ0n) is 39.4. The Labute approximate surface area is 368 Å². The topological polar surface area (TPSA) is 3.24 Å². The number of nitrogens with zero attached hydrogens (tertiary/aromatic N) is 1. The first-order valence-electron chi connectivity index (χ1n) is 24.3. The highest BCUT2D eigenvalue weighted by Gasteiger charge is 2.61. The summed E-state index contributed by atoms with van der Waals surface area (Å²) < 4.78 is 0. The van der Waals surface area contributed by atoms with Gasteiger partial charge in [-0.1, -0.05) is 137 Å². The van der Waals surface area contributed by atoms with Crippen LogP contribution in [0.2, 0.25) is 0 Å². The summed E-state index contributed by atoms with van der Waals surface area (Å²) in [6, 6.07) is 40.0. The normalized spacial score (nSPS) is 27.9. The molecular weight excluding hydrogens is 735 g/mol. The molecule has 316 valence electrons. The Hall–Kier alpha value is -4.10. The van der Waals surface area contributed by atoms with Gasteiger partial charge in [-0.15, -0.1) is 0 Å². The van der Waals surface area contributed by atoms with Crippen LogP contribution < -0.4 is 4.90 Å². The maximum Gasteiger partial charge on any atom is 0.0543 e. The van der Waals surface area contributed by atoms with Gasteiger partial charge in [-0.05, 0) is 201 Å². The van der Waals surface area contributed by atoms with Crippen LogP contribution in [0, 0.1) is 23.7 Å². The molecule has 61 heavy (non-hydrogen) atoms. The molecule has 12 rings (SSSR count). The molecule has 7 aliphatic rings.